The molecule has 18 heavy (non-hydrogen) atoms. The lowest BCUT2D eigenvalue weighted by Crippen LogP contribution is -2.18. The van der Waals surface area contributed by atoms with Crippen LogP contribution in [0, 0.1) is 5.82 Å². The van der Waals surface area contributed by atoms with Crippen molar-refractivity contribution >= 4 is 15.9 Å². The molecule has 0 aliphatic rings. The quantitative estimate of drug-likeness (QED) is 0.921. The smallest absolute Gasteiger partial charge is 0.142 e. The fraction of sp³-hybridized carbons (Fsp3) is 0.286. The second kappa shape index (κ2) is 5.67. The Balaban J connectivity index is 2.41. The van der Waals surface area contributed by atoms with Crippen molar-refractivity contribution < 1.29 is 8.81 Å². The van der Waals surface area contributed by atoms with E-state index in [2.05, 4.69) is 21.2 Å². The summed E-state index contributed by atoms with van der Waals surface area (Å²) >= 11 is 3.20. The molecule has 1 N–H and O–H groups in total. The average molecular weight is 312 g/mol. The summed E-state index contributed by atoms with van der Waals surface area (Å²) in [5.41, 5.74) is 0.573. The van der Waals surface area contributed by atoms with Crippen molar-refractivity contribution in [3.05, 3.63) is 57.7 Å². The summed E-state index contributed by atoms with van der Waals surface area (Å²) in [6.07, 6.45) is 0.831. The van der Waals surface area contributed by atoms with Gasteiger partial charge < -0.3 is 9.73 Å². The van der Waals surface area contributed by atoms with E-state index in [4.69, 9.17) is 4.42 Å². The van der Waals surface area contributed by atoms with Crippen molar-refractivity contribution in [3.8, 4) is 0 Å². The molecule has 0 aliphatic carbocycles. The van der Waals surface area contributed by atoms with Crippen molar-refractivity contribution in [2.24, 2.45) is 0 Å². The van der Waals surface area contributed by atoms with Crippen molar-refractivity contribution in [2.75, 3.05) is 7.05 Å². The molecular formula is C14H15BrFNO. The first-order valence-corrected chi connectivity index (χ1v) is 6.66. The molecule has 1 aromatic heterocycles. The van der Waals surface area contributed by atoms with Crippen LogP contribution < -0.4 is 5.32 Å². The molecule has 2 aromatic rings. The Morgan fingerprint density at radius 1 is 1.33 bits per heavy atom. The number of furan rings is 1. The van der Waals surface area contributed by atoms with E-state index in [0.717, 1.165) is 17.9 Å². The topological polar surface area (TPSA) is 25.2 Å². The Bertz CT molecular complexity index is 538. The van der Waals surface area contributed by atoms with E-state index in [1.807, 2.05) is 25.1 Å². The van der Waals surface area contributed by atoms with Gasteiger partial charge in [0.15, 0.2) is 0 Å². The molecule has 4 heteroatoms. The van der Waals surface area contributed by atoms with Crippen LogP contribution in [0.3, 0.4) is 0 Å². The maximum absolute atomic E-state index is 14.1. The van der Waals surface area contributed by atoms with Gasteiger partial charge in [-0.25, -0.2) is 4.39 Å². The lowest BCUT2D eigenvalue weighted by atomic mass is 10.0. The predicted molar refractivity (Wildman–Crippen MR) is 73.1 cm³/mol. The van der Waals surface area contributed by atoms with Gasteiger partial charge in [-0.1, -0.05) is 19.1 Å². The lowest BCUT2D eigenvalue weighted by Gasteiger charge is -2.15. The third-order valence-corrected chi connectivity index (χ3v) is 3.51. The number of aryl methyl sites for hydroxylation is 1. The van der Waals surface area contributed by atoms with E-state index in [1.165, 1.54) is 0 Å². The van der Waals surface area contributed by atoms with Gasteiger partial charge in [-0.05, 0) is 41.2 Å². The zero-order chi connectivity index (χ0) is 13.1. The van der Waals surface area contributed by atoms with Gasteiger partial charge in [0.2, 0.25) is 0 Å². The van der Waals surface area contributed by atoms with Crippen LogP contribution in [-0.2, 0) is 6.42 Å². The standard InChI is InChI=1S/C14H15BrFNO/c1-3-9-7-8-12(18-9)14(17-2)10-5-4-6-11(15)13(10)16/h4-8,14,17H,3H2,1-2H3. The molecule has 0 amide bonds. The number of halogens is 2. The molecular weight excluding hydrogens is 297 g/mol. The summed E-state index contributed by atoms with van der Waals surface area (Å²) in [5.74, 6) is 1.37. The van der Waals surface area contributed by atoms with Crippen LogP contribution in [0.5, 0.6) is 0 Å². The van der Waals surface area contributed by atoms with Crippen molar-refractivity contribution in [3.63, 3.8) is 0 Å². The fourth-order valence-electron chi connectivity index (χ4n) is 1.93. The van der Waals surface area contributed by atoms with Gasteiger partial charge in [0.25, 0.3) is 0 Å². The van der Waals surface area contributed by atoms with Crippen LogP contribution in [0.2, 0.25) is 0 Å². The van der Waals surface area contributed by atoms with Crippen LogP contribution in [-0.4, -0.2) is 7.05 Å². The maximum Gasteiger partial charge on any atom is 0.142 e. The maximum atomic E-state index is 14.1. The Kier molecular flexibility index (Phi) is 4.19. The minimum atomic E-state index is -0.275. The highest BCUT2D eigenvalue weighted by Crippen LogP contribution is 2.29. The van der Waals surface area contributed by atoms with E-state index >= 15 is 0 Å². The predicted octanol–water partition coefficient (Wildman–Crippen LogP) is 4.05. The summed E-state index contributed by atoms with van der Waals surface area (Å²) in [6.45, 7) is 2.02. The highest BCUT2D eigenvalue weighted by Gasteiger charge is 2.20. The first-order valence-electron chi connectivity index (χ1n) is 5.87. The van der Waals surface area contributed by atoms with Crippen LogP contribution in [0.1, 0.15) is 30.0 Å². The molecule has 0 bridgehead atoms. The molecule has 96 valence electrons. The van der Waals surface area contributed by atoms with Gasteiger partial charge in [-0.15, -0.1) is 0 Å². The Morgan fingerprint density at radius 2 is 2.11 bits per heavy atom. The van der Waals surface area contributed by atoms with Crippen LogP contribution in [0.25, 0.3) is 0 Å². The zero-order valence-electron chi connectivity index (χ0n) is 10.3. The SMILES string of the molecule is CCc1ccc(C(NC)c2cccc(Br)c2F)o1. The van der Waals surface area contributed by atoms with E-state index in [9.17, 15) is 4.39 Å². The number of benzene rings is 1. The minimum Gasteiger partial charge on any atom is -0.464 e. The largest absolute Gasteiger partial charge is 0.464 e. The second-order valence-electron chi connectivity index (χ2n) is 4.02. The molecule has 0 aliphatic heterocycles. The second-order valence-corrected chi connectivity index (χ2v) is 4.88. The fourth-order valence-corrected chi connectivity index (χ4v) is 2.32. The first kappa shape index (κ1) is 13.3. The van der Waals surface area contributed by atoms with E-state index in [0.29, 0.717) is 10.0 Å². The normalized spacial score (nSPS) is 12.7. The van der Waals surface area contributed by atoms with Gasteiger partial charge in [0, 0.05) is 12.0 Å². The lowest BCUT2D eigenvalue weighted by molar-refractivity contribution is 0.426. The molecule has 0 radical (unpaired) electrons. The molecule has 2 nitrogen and oxygen atoms in total. The molecule has 1 heterocycles. The third kappa shape index (κ3) is 2.49. The summed E-state index contributed by atoms with van der Waals surface area (Å²) in [5, 5.41) is 3.09. The summed E-state index contributed by atoms with van der Waals surface area (Å²) < 4.78 is 20.2. The Labute approximate surface area is 114 Å². The van der Waals surface area contributed by atoms with Gasteiger partial charge >= 0.3 is 0 Å². The van der Waals surface area contributed by atoms with Crippen LogP contribution in [0.4, 0.5) is 4.39 Å². The molecule has 1 aromatic carbocycles. The van der Waals surface area contributed by atoms with Gasteiger partial charge in [0.1, 0.15) is 17.3 Å². The highest BCUT2D eigenvalue weighted by molar-refractivity contribution is 9.10. The highest BCUT2D eigenvalue weighted by atomic mass is 79.9. The molecule has 1 atom stereocenters. The van der Waals surface area contributed by atoms with Crippen LogP contribution in [0.15, 0.2) is 39.2 Å². The van der Waals surface area contributed by atoms with Gasteiger partial charge in [-0.2, -0.15) is 0 Å². The first-order chi connectivity index (χ1) is 8.67. The molecule has 0 spiro atoms. The van der Waals surface area contributed by atoms with E-state index < -0.39 is 0 Å². The minimum absolute atomic E-state index is 0.258. The summed E-state index contributed by atoms with van der Waals surface area (Å²) in [6, 6.07) is 8.80. The number of hydrogen-bond donors (Lipinski definition) is 1. The van der Waals surface area contributed by atoms with E-state index in [-0.39, 0.29) is 11.9 Å². The molecule has 2 rings (SSSR count). The molecule has 0 saturated heterocycles. The van der Waals surface area contributed by atoms with Crippen molar-refractivity contribution in [1.82, 2.24) is 5.32 Å². The molecule has 0 saturated carbocycles. The van der Waals surface area contributed by atoms with E-state index in [1.54, 1.807) is 19.2 Å². The number of rotatable bonds is 4. The number of hydrogen-bond acceptors (Lipinski definition) is 2. The Morgan fingerprint density at radius 3 is 2.72 bits per heavy atom. The van der Waals surface area contributed by atoms with Crippen molar-refractivity contribution in [1.29, 1.82) is 0 Å². The van der Waals surface area contributed by atoms with Gasteiger partial charge in [0.05, 0.1) is 10.5 Å². The monoisotopic (exact) mass is 311 g/mol. The van der Waals surface area contributed by atoms with Crippen molar-refractivity contribution in [2.45, 2.75) is 19.4 Å². The summed E-state index contributed by atoms with van der Waals surface area (Å²) in [4.78, 5) is 0. The Hall–Kier alpha value is -1.13. The zero-order valence-corrected chi connectivity index (χ0v) is 11.9. The molecule has 1 unspecified atom stereocenters. The number of nitrogens with one attached hydrogen (secondary N) is 1. The van der Waals surface area contributed by atoms with Gasteiger partial charge in [-0.3, -0.25) is 0 Å². The van der Waals surface area contributed by atoms with Crippen LogP contribution >= 0.6 is 15.9 Å². The molecule has 0 fully saturated rings. The third-order valence-electron chi connectivity index (χ3n) is 2.90. The average Bonchev–Trinajstić information content (AvgIpc) is 2.84. The summed E-state index contributed by atoms with van der Waals surface area (Å²) in [7, 11) is 1.79.